The summed E-state index contributed by atoms with van der Waals surface area (Å²) >= 11 is 0. The molecule has 0 spiro atoms. The van der Waals surface area contributed by atoms with E-state index in [1.165, 1.54) is 10.9 Å². The van der Waals surface area contributed by atoms with Crippen molar-refractivity contribution in [3.05, 3.63) is 41.5 Å². The minimum Gasteiger partial charge on any atom is -0.364 e. The number of imidazole rings is 1. The van der Waals surface area contributed by atoms with Gasteiger partial charge < -0.3 is 9.88 Å². The summed E-state index contributed by atoms with van der Waals surface area (Å²) in [5.41, 5.74) is 2.94. The molecule has 0 bridgehead atoms. The van der Waals surface area contributed by atoms with Crippen LogP contribution in [0, 0.1) is 13.8 Å². The van der Waals surface area contributed by atoms with Gasteiger partial charge in [-0.15, -0.1) is 0 Å². The van der Waals surface area contributed by atoms with Crippen LogP contribution in [0.15, 0.2) is 24.3 Å². The molecule has 0 unspecified atom stereocenters. The van der Waals surface area contributed by atoms with Crippen molar-refractivity contribution in [2.24, 2.45) is 7.05 Å². The number of hydrogen-bond acceptors (Lipinski definition) is 4. The fraction of sp³-hybridized carbons (Fsp3) is 0.353. The third-order valence-corrected chi connectivity index (χ3v) is 5.30. The Kier molecular flexibility index (Phi) is 4.31. The second-order valence-electron chi connectivity index (χ2n) is 5.92. The third-order valence-electron chi connectivity index (χ3n) is 3.97. The maximum atomic E-state index is 4.58. The maximum absolute atomic E-state index is 4.58. The van der Waals surface area contributed by atoms with Crippen molar-refractivity contribution in [1.82, 2.24) is 19.5 Å². The normalized spacial score (nSPS) is 11.4. The Bertz CT molecular complexity index is 836. The highest BCUT2D eigenvalue weighted by Crippen LogP contribution is 2.24. The molecule has 0 aliphatic heterocycles. The summed E-state index contributed by atoms with van der Waals surface area (Å²) in [4.78, 5) is 13.6. The number of rotatable bonds is 4. The van der Waals surface area contributed by atoms with Gasteiger partial charge in [0.25, 0.3) is 0 Å². The van der Waals surface area contributed by atoms with Gasteiger partial charge in [0.2, 0.25) is 0 Å². The lowest BCUT2D eigenvalue weighted by Gasteiger charge is -2.09. The van der Waals surface area contributed by atoms with E-state index >= 15 is 0 Å². The van der Waals surface area contributed by atoms with Crippen LogP contribution in [0.2, 0.25) is 0 Å². The molecule has 120 valence electrons. The standard InChI is InChI=1S/C17H22N5P/c1-11-19-16(15-17(20-11)22(3)12(2)21-15)18-10-13-6-8-14(9-7-13)23(4)5/h6-9H,10H2,1-5H3,(H,18,19,20). The lowest BCUT2D eigenvalue weighted by atomic mass is 10.2. The van der Waals surface area contributed by atoms with Crippen LogP contribution in [0.3, 0.4) is 0 Å². The molecule has 0 radical (unpaired) electrons. The molecule has 6 heteroatoms. The number of nitrogens with one attached hydrogen (secondary N) is 1. The molecule has 0 atom stereocenters. The van der Waals surface area contributed by atoms with E-state index < -0.39 is 0 Å². The molecule has 1 aromatic carbocycles. The van der Waals surface area contributed by atoms with E-state index in [-0.39, 0.29) is 7.92 Å². The Morgan fingerprint density at radius 2 is 1.74 bits per heavy atom. The highest BCUT2D eigenvalue weighted by atomic mass is 31.1. The highest BCUT2D eigenvalue weighted by molar-refractivity contribution is 7.64. The monoisotopic (exact) mass is 327 g/mol. The predicted octanol–water partition coefficient (Wildman–Crippen LogP) is 2.96. The largest absolute Gasteiger partial charge is 0.364 e. The Morgan fingerprint density at radius 1 is 1.04 bits per heavy atom. The summed E-state index contributed by atoms with van der Waals surface area (Å²) in [6, 6.07) is 8.79. The Labute approximate surface area is 137 Å². The number of aryl methyl sites for hydroxylation is 3. The number of nitrogens with zero attached hydrogens (tertiary/aromatic N) is 4. The molecule has 2 aromatic heterocycles. The molecule has 23 heavy (non-hydrogen) atoms. The minimum atomic E-state index is -0.0436. The fourth-order valence-electron chi connectivity index (χ4n) is 2.50. The van der Waals surface area contributed by atoms with Gasteiger partial charge in [0.1, 0.15) is 11.6 Å². The summed E-state index contributed by atoms with van der Waals surface area (Å²) in [7, 11) is 1.94. The van der Waals surface area contributed by atoms with Crippen molar-refractivity contribution in [2.45, 2.75) is 20.4 Å². The molecule has 3 rings (SSSR count). The first-order valence-electron chi connectivity index (χ1n) is 7.63. The van der Waals surface area contributed by atoms with Gasteiger partial charge in [-0.05, 0) is 38.0 Å². The fourth-order valence-corrected chi connectivity index (χ4v) is 3.25. The van der Waals surface area contributed by atoms with Crippen molar-refractivity contribution in [3.63, 3.8) is 0 Å². The lowest BCUT2D eigenvalue weighted by molar-refractivity contribution is 0.868. The van der Waals surface area contributed by atoms with Crippen LogP contribution in [-0.2, 0) is 13.6 Å². The van der Waals surface area contributed by atoms with Crippen LogP contribution in [0.4, 0.5) is 5.82 Å². The van der Waals surface area contributed by atoms with Gasteiger partial charge in [0.15, 0.2) is 17.0 Å². The molecule has 1 N–H and O–H groups in total. The Hall–Kier alpha value is -2.00. The van der Waals surface area contributed by atoms with E-state index in [1.54, 1.807) is 0 Å². The van der Waals surface area contributed by atoms with E-state index in [1.807, 2.05) is 25.5 Å². The number of hydrogen-bond donors (Lipinski definition) is 1. The van der Waals surface area contributed by atoms with E-state index in [0.717, 1.165) is 35.2 Å². The topological polar surface area (TPSA) is 55.6 Å². The average Bonchev–Trinajstić information content (AvgIpc) is 2.81. The molecule has 0 fully saturated rings. The molecule has 0 saturated heterocycles. The van der Waals surface area contributed by atoms with Crippen LogP contribution in [0.1, 0.15) is 17.2 Å². The predicted molar refractivity (Wildman–Crippen MR) is 97.9 cm³/mol. The molecule has 2 heterocycles. The SMILES string of the molecule is Cc1nc(NCc2ccc(P(C)C)cc2)c2nc(C)n(C)c2n1. The van der Waals surface area contributed by atoms with E-state index in [4.69, 9.17) is 0 Å². The average molecular weight is 327 g/mol. The van der Waals surface area contributed by atoms with E-state index in [2.05, 4.69) is 57.9 Å². The highest BCUT2D eigenvalue weighted by Gasteiger charge is 2.12. The first-order valence-corrected chi connectivity index (χ1v) is 9.87. The van der Waals surface area contributed by atoms with Crippen molar-refractivity contribution in [1.29, 1.82) is 0 Å². The second kappa shape index (κ2) is 6.25. The number of aromatic nitrogens is 4. The molecule has 3 aromatic rings. The molecular weight excluding hydrogens is 305 g/mol. The van der Waals surface area contributed by atoms with Gasteiger partial charge in [-0.1, -0.05) is 32.2 Å². The van der Waals surface area contributed by atoms with Crippen molar-refractivity contribution in [3.8, 4) is 0 Å². The zero-order valence-corrected chi connectivity index (χ0v) is 15.1. The maximum Gasteiger partial charge on any atom is 0.165 e. The third kappa shape index (κ3) is 3.20. The summed E-state index contributed by atoms with van der Waals surface area (Å²) in [6.07, 6.45) is 0. The number of fused-ring (bicyclic) bond motifs is 1. The summed E-state index contributed by atoms with van der Waals surface area (Å²) in [6.45, 7) is 9.16. The zero-order chi connectivity index (χ0) is 16.6. The first-order chi connectivity index (χ1) is 11.0. The van der Waals surface area contributed by atoms with Crippen LogP contribution in [-0.4, -0.2) is 32.8 Å². The van der Waals surface area contributed by atoms with Crippen LogP contribution in [0.25, 0.3) is 11.2 Å². The first kappa shape index (κ1) is 15.9. The lowest BCUT2D eigenvalue weighted by Crippen LogP contribution is -2.06. The summed E-state index contributed by atoms with van der Waals surface area (Å²) < 4.78 is 1.99. The molecule has 5 nitrogen and oxygen atoms in total. The van der Waals surface area contributed by atoms with Gasteiger partial charge in [0.05, 0.1) is 0 Å². The Morgan fingerprint density at radius 3 is 2.39 bits per heavy atom. The van der Waals surface area contributed by atoms with E-state index in [0.29, 0.717) is 0 Å². The van der Waals surface area contributed by atoms with Crippen molar-refractivity contribution < 1.29 is 0 Å². The molecule has 0 aliphatic rings. The summed E-state index contributed by atoms with van der Waals surface area (Å²) in [5, 5.41) is 4.83. The van der Waals surface area contributed by atoms with Crippen LogP contribution in [0.5, 0.6) is 0 Å². The zero-order valence-electron chi connectivity index (χ0n) is 14.3. The molecule has 0 saturated carbocycles. The van der Waals surface area contributed by atoms with Gasteiger partial charge in [-0.2, -0.15) is 0 Å². The number of anilines is 1. The van der Waals surface area contributed by atoms with Gasteiger partial charge in [0, 0.05) is 13.6 Å². The molecule has 0 amide bonds. The Balaban J connectivity index is 1.85. The van der Waals surface area contributed by atoms with Gasteiger partial charge >= 0.3 is 0 Å². The van der Waals surface area contributed by atoms with Crippen LogP contribution < -0.4 is 10.6 Å². The van der Waals surface area contributed by atoms with Crippen LogP contribution >= 0.6 is 7.92 Å². The second-order valence-corrected chi connectivity index (χ2v) is 8.23. The van der Waals surface area contributed by atoms with Gasteiger partial charge in [-0.25, -0.2) is 15.0 Å². The van der Waals surface area contributed by atoms with Gasteiger partial charge in [-0.3, -0.25) is 0 Å². The smallest absolute Gasteiger partial charge is 0.165 e. The van der Waals surface area contributed by atoms with E-state index in [9.17, 15) is 0 Å². The van der Waals surface area contributed by atoms with Crippen molar-refractivity contribution in [2.75, 3.05) is 18.6 Å². The number of benzene rings is 1. The quantitative estimate of drug-likeness (QED) is 0.749. The van der Waals surface area contributed by atoms with Crippen molar-refractivity contribution >= 4 is 30.2 Å². The minimum absolute atomic E-state index is 0.0436. The summed E-state index contributed by atoms with van der Waals surface area (Å²) in [5.74, 6) is 2.49. The molecule has 0 aliphatic carbocycles. The molecular formula is C17H22N5P.